The first-order valence-corrected chi connectivity index (χ1v) is 9.08. The quantitative estimate of drug-likeness (QED) is 0.613. The van der Waals surface area contributed by atoms with Gasteiger partial charge >= 0.3 is 0 Å². The van der Waals surface area contributed by atoms with E-state index in [1.165, 1.54) is 11.1 Å². The minimum absolute atomic E-state index is 0.0985. The zero-order chi connectivity index (χ0) is 17.5. The minimum Gasteiger partial charge on any atom is -0.257 e. The third-order valence-corrected chi connectivity index (χ3v) is 5.46. The van der Waals surface area contributed by atoms with Crippen LogP contribution in [0.1, 0.15) is 29.2 Å². The van der Waals surface area contributed by atoms with Crippen molar-refractivity contribution in [2.75, 3.05) is 5.01 Å². The van der Waals surface area contributed by atoms with Gasteiger partial charge in [0.15, 0.2) is 0 Å². The van der Waals surface area contributed by atoms with E-state index < -0.39 is 0 Å². The smallest absolute Gasteiger partial charge is 0.123 e. The number of nitrogens with zero attached hydrogens (tertiary/aromatic N) is 2. The molecule has 0 saturated heterocycles. The van der Waals surface area contributed by atoms with Crippen LogP contribution in [-0.4, -0.2) is 5.71 Å². The monoisotopic (exact) mass is 342 g/mol. The summed E-state index contributed by atoms with van der Waals surface area (Å²) in [6.45, 7) is 0. The Morgan fingerprint density at radius 2 is 1.58 bits per heavy atom. The number of para-hydroxylation sites is 1. The van der Waals surface area contributed by atoms with E-state index in [4.69, 9.17) is 5.10 Å². The van der Waals surface area contributed by atoms with E-state index in [2.05, 4.69) is 41.4 Å². The van der Waals surface area contributed by atoms with Gasteiger partial charge in [-0.3, -0.25) is 5.01 Å². The average molecular weight is 342 g/mol. The molecule has 3 aromatic rings. The normalized spacial score (nSPS) is 21.1. The van der Waals surface area contributed by atoms with Crippen LogP contribution in [0.2, 0.25) is 0 Å². The number of benzene rings is 3. The van der Waals surface area contributed by atoms with Gasteiger partial charge in [0.05, 0.1) is 17.4 Å². The molecule has 5 rings (SSSR count). The van der Waals surface area contributed by atoms with Gasteiger partial charge in [-0.15, -0.1) is 0 Å². The van der Waals surface area contributed by atoms with Crippen molar-refractivity contribution in [3.63, 3.8) is 0 Å². The number of fused-ring (bicyclic) bond motifs is 3. The Balaban J connectivity index is 1.65. The van der Waals surface area contributed by atoms with Gasteiger partial charge in [-0.05, 0) is 48.2 Å². The van der Waals surface area contributed by atoms with E-state index >= 15 is 0 Å². The summed E-state index contributed by atoms with van der Waals surface area (Å²) in [5, 5.41) is 7.18. The summed E-state index contributed by atoms with van der Waals surface area (Å²) in [6, 6.07) is 25.8. The van der Waals surface area contributed by atoms with Crippen LogP contribution in [0.15, 0.2) is 84.0 Å². The standard InChI is InChI=1S/C23H19FN2/c24-18-13-10-17(11-14-18)23-21-15-12-16-6-4-5-9-20(16)22(21)25-26(23)19-7-2-1-3-8-19/h1-11,13-14,21,23H,12,15H2/t21-,23-/m0/s1. The summed E-state index contributed by atoms with van der Waals surface area (Å²) >= 11 is 0. The molecule has 1 aliphatic heterocycles. The lowest BCUT2D eigenvalue weighted by atomic mass is 9.77. The Morgan fingerprint density at radius 1 is 0.846 bits per heavy atom. The number of anilines is 1. The lowest BCUT2D eigenvalue weighted by molar-refractivity contribution is 0.509. The fourth-order valence-corrected chi connectivity index (χ4v) is 4.25. The van der Waals surface area contributed by atoms with E-state index in [0.29, 0.717) is 5.92 Å². The van der Waals surface area contributed by atoms with Crippen LogP contribution in [0.3, 0.4) is 0 Å². The highest BCUT2D eigenvalue weighted by atomic mass is 19.1. The van der Waals surface area contributed by atoms with Gasteiger partial charge in [0.25, 0.3) is 0 Å². The largest absolute Gasteiger partial charge is 0.257 e. The van der Waals surface area contributed by atoms with Gasteiger partial charge in [0.1, 0.15) is 5.82 Å². The van der Waals surface area contributed by atoms with Gasteiger partial charge in [-0.25, -0.2) is 4.39 Å². The molecule has 0 radical (unpaired) electrons. The SMILES string of the molecule is Fc1ccc([C@H]2[C@H]3CCc4ccccc4C3=NN2c2ccccc2)cc1. The second kappa shape index (κ2) is 6.10. The van der Waals surface area contributed by atoms with Crippen molar-refractivity contribution >= 4 is 11.4 Å². The van der Waals surface area contributed by atoms with E-state index in [-0.39, 0.29) is 11.9 Å². The van der Waals surface area contributed by atoms with Crippen LogP contribution >= 0.6 is 0 Å². The highest BCUT2D eigenvalue weighted by molar-refractivity contribution is 6.07. The highest BCUT2D eigenvalue weighted by Crippen LogP contribution is 2.45. The van der Waals surface area contributed by atoms with Crippen LogP contribution in [0.5, 0.6) is 0 Å². The van der Waals surface area contributed by atoms with Crippen LogP contribution in [0.4, 0.5) is 10.1 Å². The number of rotatable bonds is 2. The summed E-state index contributed by atoms with van der Waals surface area (Å²) in [5.74, 6) is 0.115. The van der Waals surface area contributed by atoms with E-state index in [1.807, 2.05) is 30.3 Å². The second-order valence-electron chi connectivity index (χ2n) is 6.96. The van der Waals surface area contributed by atoms with Crippen molar-refractivity contribution in [3.05, 3.63) is 101 Å². The molecule has 1 heterocycles. The zero-order valence-corrected chi connectivity index (χ0v) is 14.3. The predicted octanol–water partition coefficient (Wildman–Crippen LogP) is 5.35. The Morgan fingerprint density at radius 3 is 2.38 bits per heavy atom. The summed E-state index contributed by atoms with van der Waals surface area (Å²) in [7, 11) is 0. The predicted molar refractivity (Wildman–Crippen MR) is 103 cm³/mol. The summed E-state index contributed by atoms with van der Waals surface area (Å²) in [5.41, 5.74) is 5.97. The highest BCUT2D eigenvalue weighted by Gasteiger charge is 2.41. The number of hydrogen-bond donors (Lipinski definition) is 0. The molecule has 128 valence electrons. The average Bonchev–Trinajstić information content (AvgIpc) is 3.09. The van der Waals surface area contributed by atoms with Crippen molar-refractivity contribution in [1.82, 2.24) is 0 Å². The molecule has 26 heavy (non-hydrogen) atoms. The molecule has 0 bridgehead atoms. The molecule has 3 heteroatoms. The van der Waals surface area contributed by atoms with Gasteiger partial charge in [-0.1, -0.05) is 54.6 Å². The molecular formula is C23H19FN2. The van der Waals surface area contributed by atoms with Crippen LogP contribution in [0.25, 0.3) is 0 Å². The van der Waals surface area contributed by atoms with Crippen molar-refractivity contribution in [2.45, 2.75) is 18.9 Å². The van der Waals surface area contributed by atoms with Gasteiger partial charge in [0.2, 0.25) is 0 Å². The molecule has 0 N–H and O–H groups in total. The molecule has 2 aliphatic rings. The molecule has 2 atom stereocenters. The van der Waals surface area contributed by atoms with E-state index in [9.17, 15) is 4.39 Å². The minimum atomic E-state index is -0.201. The number of aryl methyl sites for hydroxylation is 1. The van der Waals surface area contributed by atoms with Crippen LogP contribution in [-0.2, 0) is 6.42 Å². The third kappa shape index (κ3) is 2.43. The lowest BCUT2D eigenvalue weighted by Crippen LogP contribution is -2.28. The molecule has 0 amide bonds. The van der Waals surface area contributed by atoms with Crippen LogP contribution < -0.4 is 5.01 Å². The topological polar surface area (TPSA) is 15.6 Å². The molecule has 0 spiro atoms. The Labute approximate surface area is 152 Å². The van der Waals surface area contributed by atoms with Gasteiger partial charge in [0, 0.05) is 11.5 Å². The molecule has 3 aromatic carbocycles. The molecular weight excluding hydrogens is 323 g/mol. The molecule has 0 aromatic heterocycles. The number of hydrazone groups is 1. The summed E-state index contributed by atoms with van der Waals surface area (Å²) in [4.78, 5) is 0. The van der Waals surface area contributed by atoms with Crippen molar-refractivity contribution in [3.8, 4) is 0 Å². The van der Waals surface area contributed by atoms with Crippen molar-refractivity contribution in [2.24, 2.45) is 11.0 Å². The Kier molecular flexibility index (Phi) is 3.59. The van der Waals surface area contributed by atoms with Crippen molar-refractivity contribution < 1.29 is 4.39 Å². The third-order valence-electron chi connectivity index (χ3n) is 5.46. The molecule has 0 unspecified atom stereocenters. The summed E-state index contributed by atoms with van der Waals surface area (Å²) in [6.07, 6.45) is 2.11. The van der Waals surface area contributed by atoms with E-state index in [1.54, 1.807) is 12.1 Å². The Bertz CT molecular complexity index is 963. The molecule has 2 nitrogen and oxygen atoms in total. The first-order chi connectivity index (χ1) is 12.8. The fourth-order valence-electron chi connectivity index (χ4n) is 4.25. The molecule has 0 fully saturated rings. The van der Waals surface area contributed by atoms with Gasteiger partial charge in [-0.2, -0.15) is 5.10 Å². The maximum absolute atomic E-state index is 13.5. The van der Waals surface area contributed by atoms with Crippen molar-refractivity contribution in [1.29, 1.82) is 0 Å². The Hall–Kier alpha value is -2.94. The zero-order valence-electron chi connectivity index (χ0n) is 14.3. The first kappa shape index (κ1) is 15.3. The fraction of sp³-hybridized carbons (Fsp3) is 0.174. The maximum Gasteiger partial charge on any atom is 0.123 e. The first-order valence-electron chi connectivity index (χ1n) is 9.08. The second-order valence-corrected chi connectivity index (χ2v) is 6.96. The number of hydrogen-bond acceptors (Lipinski definition) is 2. The van der Waals surface area contributed by atoms with E-state index in [0.717, 1.165) is 29.8 Å². The van der Waals surface area contributed by atoms with Crippen LogP contribution in [0, 0.1) is 11.7 Å². The molecule has 1 aliphatic carbocycles. The lowest BCUT2D eigenvalue weighted by Gasteiger charge is -2.30. The number of halogens is 1. The maximum atomic E-state index is 13.5. The summed E-state index contributed by atoms with van der Waals surface area (Å²) < 4.78 is 13.5. The van der Waals surface area contributed by atoms with Gasteiger partial charge < -0.3 is 0 Å². The molecule has 0 saturated carbocycles.